The second-order valence-electron chi connectivity index (χ2n) is 2.88. The summed E-state index contributed by atoms with van der Waals surface area (Å²) in [5.74, 6) is 0.0767. The minimum Gasteiger partial charge on any atom is -0.374 e. The number of carbonyl (C=O) groups is 1. The van der Waals surface area contributed by atoms with Crippen molar-refractivity contribution in [2.45, 2.75) is 26.4 Å². The van der Waals surface area contributed by atoms with Crippen LogP contribution in [0.5, 0.6) is 0 Å². The maximum Gasteiger partial charge on any atom is 0.167 e. The monoisotopic (exact) mass is 199 g/mol. The fourth-order valence-corrected chi connectivity index (χ4v) is 1.56. The summed E-state index contributed by atoms with van der Waals surface area (Å²) in [6.07, 6.45) is 0.0429. The van der Waals surface area contributed by atoms with Crippen LogP contribution in [-0.2, 0) is 16.0 Å². The molecule has 0 fully saturated rings. The van der Waals surface area contributed by atoms with Crippen LogP contribution in [-0.4, -0.2) is 24.0 Å². The van der Waals surface area contributed by atoms with E-state index in [1.165, 1.54) is 7.11 Å². The molecule has 1 atom stereocenters. The molecule has 3 nitrogen and oxygen atoms in total. The average Bonchev–Trinajstić information content (AvgIpc) is 2.49. The first-order valence-corrected chi connectivity index (χ1v) is 4.98. The molecule has 4 heteroatoms. The predicted molar refractivity (Wildman–Crippen MR) is 52.0 cm³/mol. The molecule has 1 rings (SSSR count). The van der Waals surface area contributed by atoms with Gasteiger partial charge in [-0.3, -0.25) is 4.79 Å². The Morgan fingerprint density at radius 2 is 2.46 bits per heavy atom. The highest BCUT2D eigenvalue weighted by Crippen LogP contribution is 2.09. The second kappa shape index (κ2) is 4.48. The summed E-state index contributed by atoms with van der Waals surface area (Å²) in [7, 11) is 1.54. The molecule has 0 radical (unpaired) electrons. The van der Waals surface area contributed by atoms with E-state index in [1.54, 1.807) is 18.3 Å². The number of aryl methyl sites for hydroxylation is 1. The lowest BCUT2D eigenvalue weighted by atomic mass is 10.1. The highest BCUT2D eigenvalue weighted by Gasteiger charge is 2.13. The minimum atomic E-state index is -0.331. The van der Waals surface area contributed by atoms with Gasteiger partial charge in [-0.05, 0) is 13.8 Å². The lowest BCUT2D eigenvalue weighted by Gasteiger charge is -2.05. The smallest absolute Gasteiger partial charge is 0.167 e. The van der Waals surface area contributed by atoms with Crippen molar-refractivity contribution in [1.82, 2.24) is 4.98 Å². The van der Waals surface area contributed by atoms with Crippen molar-refractivity contribution < 1.29 is 9.53 Å². The Morgan fingerprint density at radius 1 is 1.77 bits per heavy atom. The van der Waals surface area contributed by atoms with Gasteiger partial charge in [0.15, 0.2) is 5.78 Å². The van der Waals surface area contributed by atoms with Gasteiger partial charge in [0, 0.05) is 12.5 Å². The lowest BCUT2D eigenvalue weighted by Crippen LogP contribution is -2.21. The lowest BCUT2D eigenvalue weighted by molar-refractivity contribution is -0.127. The van der Waals surface area contributed by atoms with Crippen LogP contribution in [0.2, 0.25) is 0 Å². The van der Waals surface area contributed by atoms with Crippen molar-refractivity contribution in [2.75, 3.05) is 7.11 Å². The van der Waals surface area contributed by atoms with E-state index in [0.29, 0.717) is 6.42 Å². The summed E-state index contributed by atoms with van der Waals surface area (Å²) >= 11 is 1.56. The molecule has 0 amide bonds. The summed E-state index contributed by atoms with van der Waals surface area (Å²) in [6, 6.07) is 0. The topological polar surface area (TPSA) is 39.2 Å². The fourth-order valence-electron chi connectivity index (χ4n) is 0.943. The van der Waals surface area contributed by atoms with E-state index in [9.17, 15) is 4.79 Å². The Labute approximate surface area is 81.8 Å². The molecule has 0 aliphatic carbocycles. The molecule has 13 heavy (non-hydrogen) atoms. The highest BCUT2D eigenvalue weighted by atomic mass is 32.1. The minimum absolute atomic E-state index is 0.0767. The molecule has 1 aromatic rings. The number of ketones is 1. The molecule has 1 unspecified atom stereocenters. The highest BCUT2D eigenvalue weighted by molar-refractivity contribution is 7.09. The van der Waals surface area contributed by atoms with E-state index >= 15 is 0 Å². The predicted octanol–water partition coefficient (Wildman–Crippen LogP) is 1.60. The number of hydrogen-bond donors (Lipinski definition) is 0. The first kappa shape index (κ1) is 10.3. The molecule has 1 heterocycles. The van der Waals surface area contributed by atoms with E-state index in [0.717, 1.165) is 10.7 Å². The van der Waals surface area contributed by atoms with Crippen LogP contribution in [0.15, 0.2) is 5.38 Å². The van der Waals surface area contributed by atoms with Crippen molar-refractivity contribution in [3.8, 4) is 0 Å². The number of nitrogens with zero attached hydrogens (tertiary/aromatic N) is 1. The Hall–Kier alpha value is -0.740. The molecule has 0 aromatic carbocycles. The van der Waals surface area contributed by atoms with Gasteiger partial charge >= 0.3 is 0 Å². The summed E-state index contributed by atoms with van der Waals surface area (Å²) in [5.41, 5.74) is 0.844. The normalized spacial score (nSPS) is 12.8. The molecule has 72 valence electrons. The van der Waals surface area contributed by atoms with Crippen LogP contribution in [0, 0.1) is 6.92 Å². The van der Waals surface area contributed by atoms with Gasteiger partial charge < -0.3 is 4.74 Å². The van der Waals surface area contributed by atoms with Crippen LogP contribution in [0.1, 0.15) is 17.6 Å². The maximum atomic E-state index is 11.4. The standard InChI is InChI=1S/C9H13NO2S/c1-6(12-3)9(11)4-8-5-13-7(2)10-8/h5-6H,4H2,1-3H3. The van der Waals surface area contributed by atoms with Crippen LogP contribution in [0.25, 0.3) is 0 Å². The Morgan fingerprint density at radius 3 is 2.92 bits per heavy atom. The van der Waals surface area contributed by atoms with E-state index in [2.05, 4.69) is 4.98 Å². The molecular formula is C9H13NO2S. The second-order valence-corrected chi connectivity index (χ2v) is 3.94. The first-order chi connectivity index (χ1) is 6.13. The Kier molecular flexibility index (Phi) is 3.57. The zero-order valence-electron chi connectivity index (χ0n) is 8.03. The van der Waals surface area contributed by atoms with Gasteiger partial charge in [-0.15, -0.1) is 11.3 Å². The van der Waals surface area contributed by atoms with Gasteiger partial charge in [0.05, 0.1) is 17.1 Å². The number of methoxy groups -OCH3 is 1. The van der Waals surface area contributed by atoms with Crippen molar-refractivity contribution in [3.05, 3.63) is 16.1 Å². The van der Waals surface area contributed by atoms with Crippen molar-refractivity contribution in [3.63, 3.8) is 0 Å². The van der Waals surface area contributed by atoms with Crippen molar-refractivity contribution >= 4 is 17.1 Å². The number of hydrogen-bond acceptors (Lipinski definition) is 4. The Bertz CT molecular complexity index is 296. The van der Waals surface area contributed by atoms with Gasteiger partial charge in [0.1, 0.15) is 6.10 Å². The van der Waals surface area contributed by atoms with E-state index in [4.69, 9.17) is 4.74 Å². The van der Waals surface area contributed by atoms with Crippen LogP contribution in [0.3, 0.4) is 0 Å². The summed E-state index contributed by atoms with van der Waals surface area (Å²) in [5, 5.41) is 2.91. The van der Waals surface area contributed by atoms with Crippen LogP contribution >= 0.6 is 11.3 Å². The number of thiazole rings is 1. The maximum absolute atomic E-state index is 11.4. The summed E-state index contributed by atoms with van der Waals surface area (Å²) in [4.78, 5) is 15.6. The fraction of sp³-hybridized carbons (Fsp3) is 0.556. The van der Waals surface area contributed by atoms with Gasteiger partial charge in [-0.1, -0.05) is 0 Å². The van der Waals surface area contributed by atoms with Gasteiger partial charge in [-0.25, -0.2) is 4.98 Å². The largest absolute Gasteiger partial charge is 0.374 e. The van der Waals surface area contributed by atoms with E-state index in [-0.39, 0.29) is 11.9 Å². The molecule has 0 saturated heterocycles. The zero-order valence-corrected chi connectivity index (χ0v) is 8.85. The SMILES string of the molecule is COC(C)C(=O)Cc1csc(C)n1. The molecule has 0 aliphatic heterocycles. The molecule has 0 bridgehead atoms. The van der Waals surface area contributed by atoms with Gasteiger partial charge in [-0.2, -0.15) is 0 Å². The molecule has 0 spiro atoms. The zero-order chi connectivity index (χ0) is 9.84. The average molecular weight is 199 g/mol. The third-order valence-electron chi connectivity index (χ3n) is 1.83. The number of Topliss-reactive ketones (excluding diaryl/α,β-unsaturated/α-hetero) is 1. The number of rotatable bonds is 4. The van der Waals surface area contributed by atoms with Gasteiger partial charge in [0.25, 0.3) is 0 Å². The van der Waals surface area contributed by atoms with Crippen molar-refractivity contribution in [2.24, 2.45) is 0 Å². The first-order valence-electron chi connectivity index (χ1n) is 4.10. The molecule has 1 aromatic heterocycles. The third-order valence-corrected chi connectivity index (χ3v) is 2.65. The molecular weight excluding hydrogens is 186 g/mol. The molecule has 0 aliphatic rings. The quantitative estimate of drug-likeness (QED) is 0.739. The van der Waals surface area contributed by atoms with Crippen LogP contribution in [0.4, 0.5) is 0 Å². The summed E-state index contributed by atoms with van der Waals surface area (Å²) in [6.45, 7) is 3.68. The number of ether oxygens (including phenoxy) is 1. The van der Waals surface area contributed by atoms with E-state index < -0.39 is 0 Å². The number of aromatic nitrogens is 1. The van der Waals surface area contributed by atoms with Gasteiger partial charge in [0.2, 0.25) is 0 Å². The van der Waals surface area contributed by atoms with Crippen molar-refractivity contribution in [1.29, 1.82) is 0 Å². The third kappa shape index (κ3) is 2.90. The Balaban J connectivity index is 2.54. The van der Waals surface area contributed by atoms with Crippen LogP contribution < -0.4 is 0 Å². The number of carbonyl (C=O) groups excluding carboxylic acids is 1. The molecule has 0 saturated carbocycles. The molecule has 0 N–H and O–H groups in total. The van der Waals surface area contributed by atoms with E-state index in [1.807, 2.05) is 12.3 Å². The summed E-state index contributed by atoms with van der Waals surface area (Å²) < 4.78 is 4.92.